The van der Waals surface area contributed by atoms with E-state index in [1.807, 2.05) is 6.92 Å². The normalized spacial score (nSPS) is 25.7. The van der Waals surface area contributed by atoms with Crippen LogP contribution in [0.25, 0.3) is 0 Å². The lowest BCUT2D eigenvalue weighted by molar-refractivity contribution is -0.115. The summed E-state index contributed by atoms with van der Waals surface area (Å²) in [5, 5.41) is 0. The van der Waals surface area contributed by atoms with Crippen molar-refractivity contribution in [1.82, 2.24) is 0 Å². The molecule has 1 aliphatic rings. The van der Waals surface area contributed by atoms with E-state index in [9.17, 15) is 4.79 Å². The zero-order chi connectivity index (χ0) is 11.6. The van der Waals surface area contributed by atoms with Crippen molar-refractivity contribution in [2.75, 3.05) is 0 Å². The number of hydrogen-bond donors (Lipinski definition) is 0. The Hall–Kier alpha value is -1.11. The zero-order valence-electron chi connectivity index (χ0n) is 10.2. The fraction of sp³-hybridized carbons (Fsp3) is 0.533. The molecule has 0 fully saturated rings. The highest BCUT2D eigenvalue weighted by Crippen LogP contribution is 2.13. The Balaban J connectivity index is 2.61. The first-order valence-corrected chi connectivity index (χ1v) is 6.36. The number of carbonyl (C=O) groups excluding carboxylic acids is 1. The third-order valence-corrected chi connectivity index (χ3v) is 2.82. The molecule has 0 heterocycles. The van der Waals surface area contributed by atoms with Gasteiger partial charge in [0.25, 0.3) is 0 Å². The van der Waals surface area contributed by atoms with E-state index in [0.717, 1.165) is 44.1 Å². The van der Waals surface area contributed by atoms with Crippen LogP contribution in [0.15, 0.2) is 36.0 Å². The monoisotopic (exact) mass is 218 g/mol. The van der Waals surface area contributed by atoms with Gasteiger partial charge in [-0.1, -0.05) is 37.3 Å². The quantitative estimate of drug-likeness (QED) is 0.629. The zero-order valence-corrected chi connectivity index (χ0v) is 10.2. The summed E-state index contributed by atoms with van der Waals surface area (Å²) in [6.45, 7) is 1.94. The highest BCUT2D eigenvalue weighted by molar-refractivity contribution is 5.95. The minimum Gasteiger partial charge on any atom is -0.295 e. The molecule has 1 nitrogen and oxygen atoms in total. The molecule has 0 saturated carbocycles. The van der Waals surface area contributed by atoms with Gasteiger partial charge in [0.2, 0.25) is 0 Å². The van der Waals surface area contributed by atoms with Crippen LogP contribution in [-0.4, -0.2) is 5.78 Å². The Labute approximate surface area is 98.9 Å². The van der Waals surface area contributed by atoms with Crippen molar-refractivity contribution in [2.24, 2.45) is 0 Å². The molecule has 1 rings (SSSR count). The van der Waals surface area contributed by atoms with E-state index in [0.29, 0.717) is 12.2 Å². The molecule has 16 heavy (non-hydrogen) atoms. The Bertz CT molecular complexity index is 295. The van der Waals surface area contributed by atoms with E-state index >= 15 is 0 Å². The van der Waals surface area contributed by atoms with Crippen molar-refractivity contribution in [3.8, 4) is 0 Å². The number of ketones is 1. The van der Waals surface area contributed by atoms with Gasteiger partial charge in [-0.3, -0.25) is 4.79 Å². The van der Waals surface area contributed by atoms with Crippen LogP contribution in [0.3, 0.4) is 0 Å². The Morgan fingerprint density at radius 3 is 2.19 bits per heavy atom. The van der Waals surface area contributed by atoms with Crippen molar-refractivity contribution in [3.63, 3.8) is 0 Å². The highest BCUT2D eigenvalue weighted by atomic mass is 16.1. The molecule has 0 aromatic carbocycles. The molecule has 0 atom stereocenters. The van der Waals surface area contributed by atoms with Gasteiger partial charge in [0.1, 0.15) is 0 Å². The van der Waals surface area contributed by atoms with Crippen LogP contribution < -0.4 is 0 Å². The summed E-state index contributed by atoms with van der Waals surface area (Å²) >= 11 is 0. The topological polar surface area (TPSA) is 17.1 Å². The van der Waals surface area contributed by atoms with Crippen LogP contribution in [0.2, 0.25) is 0 Å². The molecule has 0 aromatic rings. The molecule has 0 aliphatic heterocycles. The molecule has 0 amide bonds. The molecular formula is C15H22O. The molecule has 0 aromatic heterocycles. The second-order valence-corrected chi connectivity index (χ2v) is 4.14. The van der Waals surface area contributed by atoms with Crippen molar-refractivity contribution in [2.45, 2.75) is 51.9 Å². The molecule has 1 heteroatoms. The average Bonchev–Trinajstić information content (AvgIpc) is 2.29. The fourth-order valence-electron chi connectivity index (χ4n) is 1.84. The Kier molecular flexibility index (Phi) is 6.55. The van der Waals surface area contributed by atoms with Gasteiger partial charge >= 0.3 is 0 Å². The first-order valence-electron chi connectivity index (χ1n) is 6.36. The van der Waals surface area contributed by atoms with Crippen molar-refractivity contribution in [1.29, 1.82) is 0 Å². The fourth-order valence-corrected chi connectivity index (χ4v) is 1.84. The maximum atomic E-state index is 11.7. The maximum Gasteiger partial charge on any atom is 0.158 e. The van der Waals surface area contributed by atoms with Crippen molar-refractivity contribution in [3.05, 3.63) is 36.0 Å². The first kappa shape index (κ1) is 13.0. The number of rotatable bonds is 2. The van der Waals surface area contributed by atoms with Gasteiger partial charge in [0, 0.05) is 6.42 Å². The molecule has 88 valence electrons. The van der Waals surface area contributed by atoms with E-state index in [4.69, 9.17) is 0 Å². The molecule has 1 aliphatic carbocycles. The van der Waals surface area contributed by atoms with Crippen LogP contribution in [0.4, 0.5) is 0 Å². The maximum absolute atomic E-state index is 11.7. The summed E-state index contributed by atoms with van der Waals surface area (Å²) in [6.07, 6.45) is 17.9. The van der Waals surface area contributed by atoms with E-state index in [2.05, 4.69) is 30.4 Å². The summed E-state index contributed by atoms with van der Waals surface area (Å²) in [5.74, 6) is 0.314. The second kappa shape index (κ2) is 8.09. The lowest BCUT2D eigenvalue weighted by Gasteiger charge is -2.04. The third kappa shape index (κ3) is 5.11. The van der Waals surface area contributed by atoms with Crippen LogP contribution >= 0.6 is 0 Å². The molecule has 0 spiro atoms. The number of hydrogen-bond acceptors (Lipinski definition) is 1. The van der Waals surface area contributed by atoms with Crippen molar-refractivity contribution < 1.29 is 4.79 Å². The predicted octanol–water partition coefficient (Wildman–Crippen LogP) is 4.36. The summed E-state index contributed by atoms with van der Waals surface area (Å²) < 4.78 is 0. The largest absolute Gasteiger partial charge is 0.295 e. The molecule has 0 N–H and O–H groups in total. The van der Waals surface area contributed by atoms with Gasteiger partial charge < -0.3 is 0 Å². The van der Waals surface area contributed by atoms with Crippen LogP contribution in [0.1, 0.15) is 51.9 Å². The SMILES string of the molecule is CCC(=O)/C1=C\CC/C=C/CC/C=C/CC1. The van der Waals surface area contributed by atoms with Gasteiger partial charge in [0.15, 0.2) is 5.78 Å². The molecular weight excluding hydrogens is 196 g/mol. The second-order valence-electron chi connectivity index (χ2n) is 4.14. The summed E-state index contributed by atoms with van der Waals surface area (Å²) in [4.78, 5) is 11.7. The van der Waals surface area contributed by atoms with E-state index in [1.54, 1.807) is 0 Å². The van der Waals surface area contributed by atoms with E-state index < -0.39 is 0 Å². The minimum atomic E-state index is 0.314. The van der Waals surface area contributed by atoms with Gasteiger partial charge in [-0.15, -0.1) is 0 Å². The molecule has 0 saturated heterocycles. The number of Topliss-reactive ketones (excluding diaryl/α,β-unsaturated/α-hetero) is 1. The van der Waals surface area contributed by atoms with Gasteiger partial charge in [-0.2, -0.15) is 0 Å². The number of allylic oxidation sites excluding steroid dienone is 6. The smallest absolute Gasteiger partial charge is 0.158 e. The standard InChI is InChI=1S/C15H22O/c1-2-15(16)14-12-10-8-6-4-3-5-7-9-11-13-14/h4,6-7,9,12H,2-3,5,8,10-11,13H2,1H3/b6-4+,9-7+,14-12-. The molecule has 0 radical (unpaired) electrons. The Morgan fingerprint density at radius 2 is 1.56 bits per heavy atom. The average molecular weight is 218 g/mol. The summed E-state index contributed by atoms with van der Waals surface area (Å²) in [5.41, 5.74) is 1.03. The first-order chi connectivity index (χ1) is 7.84. The lowest BCUT2D eigenvalue weighted by atomic mass is 10.0. The summed E-state index contributed by atoms with van der Waals surface area (Å²) in [7, 11) is 0. The van der Waals surface area contributed by atoms with Crippen LogP contribution in [0, 0.1) is 0 Å². The molecule has 0 unspecified atom stereocenters. The third-order valence-electron chi connectivity index (χ3n) is 2.82. The van der Waals surface area contributed by atoms with Gasteiger partial charge in [0.05, 0.1) is 0 Å². The van der Waals surface area contributed by atoms with Gasteiger partial charge in [-0.05, 0) is 44.1 Å². The number of carbonyl (C=O) groups is 1. The summed E-state index contributed by atoms with van der Waals surface area (Å²) in [6, 6.07) is 0. The van der Waals surface area contributed by atoms with E-state index in [-0.39, 0.29) is 0 Å². The highest BCUT2D eigenvalue weighted by Gasteiger charge is 2.05. The molecule has 0 bridgehead atoms. The van der Waals surface area contributed by atoms with Crippen LogP contribution in [-0.2, 0) is 4.79 Å². The lowest BCUT2D eigenvalue weighted by Crippen LogP contribution is -2.00. The van der Waals surface area contributed by atoms with Crippen LogP contribution in [0.5, 0.6) is 0 Å². The predicted molar refractivity (Wildman–Crippen MR) is 69.4 cm³/mol. The Morgan fingerprint density at radius 1 is 1.00 bits per heavy atom. The minimum absolute atomic E-state index is 0.314. The van der Waals surface area contributed by atoms with Gasteiger partial charge in [-0.25, -0.2) is 0 Å². The van der Waals surface area contributed by atoms with Crippen molar-refractivity contribution >= 4 is 5.78 Å². The van der Waals surface area contributed by atoms with E-state index in [1.165, 1.54) is 0 Å².